The van der Waals surface area contributed by atoms with E-state index >= 15 is 0 Å². The van der Waals surface area contributed by atoms with Crippen LogP contribution in [0.1, 0.15) is 50.6 Å². The Morgan fingerprint density at radius 1 is 1.36 bits per heavy atom. The number of hydrogen-bond acceptors (Lipinski definition) is 8. The van der Waals surface area contributed by atoms with Gasteiger partial charge in [0, 0.05) is 31.2 Å². The lowest BCUT2D eigenvalue weighted by Gasteiger charge is -2.45. The fourth-order valence-corrected chi connectivity index (χ4v) is 4.46. The van der Waals surface area contributed by atoms with Crippen molar-refractivity contribution < 1.29 is 19.1 Å². The number of nitrogens with one attached hydrogen (secondary N) is 2. The lowest BCUT2D eigenvalue weighted by molar-refractivity contribution is 0.0272. The average Bonchev–Trinajstić information content (AvgIpc) is 3.42. The Hall–Kier alpha value is -2.36. The number of ether oxygens (including phenoxy) is 1. The van der Waals surface area contributed by atoms with Gasteiger partial charge in [-0.3, -0.25) is 4.90 Å². The van der Waals surface area contributed by atoms with Crippen molar-refractivity contribution in [2.75, 3.05) is 31.6 Å². The van der Waals surface area contributed by atoms with Crippen molar-refractivity contribution in [3.05, 3.63) is 40.2 Å². The third-order valence-electron chi connectivity index (χ3n) is 6.43. The number of hydrogen-bond donors (Lipinski definition) is 3. The minimum Gasteiger partial charge on any atom is -0.447 e. The van der Waals surface area contributed by atoms with Gasteiger partial charge in [-0.05, 0) is 63.3 Å². The number of aliphatic hydroxyl groups is 1. The molecule has 1 aliphatic heterocycles. The molecule has 2 heterocycles. The highest BCUT2D eigenvalue weighted by molar-refractivity contribution is 6.30. The van der Waals surface area contributed by atoms with Gasteiger partial charge in [0.1, 0.15) is 0 Å². The summed E-state index contributed by atoms with van der Waals surface area (Å²) in [4.78, 5) is 14.6. The van der Waals surface area contributed by atoms with Crippen molar-refractivity contribution in [1.82, 2.24) is 20.4 Å². The van der Waals surface area contributed by atoms with Gasteiger partial charge in [0.2, 0.25) is 5.89 Å². The van der Waals surface area contributed by atoms with E-state index in [4.69, 9.17) is 20.8 Å². The molecule has 1 saturated carbocycles. The largest absolute Gasteiger partial charge is 0.447 e. The summed E-state index contributed by atoms with van der Waals surface area (Å²) in [6.07, 6.45) is 1.84. The van der Waals surface area contributed by atoms with Crippen molar-refractivity contribution in [2.45, 2.75) is 63.6 Å². The maximum absolute atomic E-state index is 12.8. The number of benzene rings is 1. The minimum atomic E-state index is -0.471. The molecule has 180 valence electrons. The molecule has 4 rings (SSSR count). The second-order valence-corrected chi connectivity index (χ2v) is 9.99. The molecule has 1 aromatic carbocycles. The highest BCUT2D eigenvalue weighted by Crippen LogP contribution is 2.47. The second-order valence-electron chi connectivity index (χ2n) is 9.55. The summed E-state index contributed by atoms with van der Waals surface area (Å²) in [7, 11) is 0. The van der Waals surface area contributed by atoms with Crippen LogP contribution in [0.5, 0.6) is 0 Å². The predicted molar refractivity (Wildman–Crippen MR) is 124 cm³/mol. The van der Waals surface area contributed by atoms with E-state index in [-0.39, 0.29) is 24.2 Å². The van der Waals surface area contributed by atoms with E-state index in [2.05, 4.69) is 27.8 Å². The number of piperazine rings is 1. The van der Waals surface area contributed by atoms with Crippen LogP contribution >= 0.6 is 11.6 Å². The summed E-state index contributed by atoms with van der Waals surface area (Å²) in [6.45, 7) is 8.19. The van der Waals surface area contributed by atoms with Crippen LogP contribution in [0.4, 0.5) is 10.8 Å². The third kappa shape index (κ3) is 5.26. The molecule has 0 unspecified atom stereocenters. The molecular formula is C23H32ClN5O4. The van der Waals surface area contributed by atoms with Crippen LogP contribution in [-0.4, -0.2) is 64.2 Å². The van der Waals surface area contributed by atoms with E-state index in [1.165, 1.54) is 0 Å². The predicted octanol–water partition coefficient (Wildman–Crippen LogP) is 3.11. The summed E-state index contributed by atoms with van der Waals surface area (Å²) in [6, 6.07) is 6.07. The van der Waals surface area contributed by atoms with E-state index in [9.17, 15) is 9.90 Å². The van der Waals surface area contributed by atoms with Gasteiger partial charge in [0.05, 0.1) is 23.7 Å². The van der Waals surface area contributed by atoms with Gasteiger partial charge in [-0.25, -0.2) is 4.79 Å². The van der Waals surface area contributed by atoms with Crippen LogP contribution in [0, 0.1) is 0 Å². The summed E-state index contributed by atoms with van der Waals surface area (Å²) >= 11 is 6.34. The molecule has 3 N–H and O–H groups in total. The molecule has 1 amide bonds. The van der Waals surface area contributed by atoms with Crippen LogP contribution < -0.4 is 10.6 Å². The maximum Gasteiger partial charge on any atom is 0.410 e. The molecule has 0 radical (unpaired) electrons. The fourth-order valence-electron chi connectivity index (χ4n) is 4.26. The molecule has 0 bridgehead atoms. The zero-order valence-electron chi connectivity index (χ0n) is 19.4. The molecule has 10 heteroatoms. The normalized spacial score (nSPS) is 21.8. The number of carbonyl (C=O) groups excluding carboxylic acids is 1. The SMILES string of the molecule is CC(C)OC(=O)N1CCNC[C@]1(C)Cc1cc(Cl)ccc1CNc1nnc(C2(CO)CC2)o1. The van der Waals surface area contributed by atoms with Gasteiger partial charge in [-0.2, -0.15) is 0 Å². The lowest BCUT2D eigenvalue weighted by atomic mass is 9.87. The van der Waals surface area contributed by atoms with Crippen molar-refractivity contribution >= 4 is 23.7 Å². The smallest absolute Gasteiger partial charge is 0.410 e. The Bertz CT molecular complexity index is 993. The van der Waals surface area contributed by atoms with E-state index in [0.717, 1.165) is 30.5 Å². The third-order valence-corrected chi connectivity index (χ3v) is 6.67. The first-order valence-electron chi connectivity index (χ1n) is 11.4. The number of aliphatic hydroxyl groups excluding tert-OH is 1. The average molecular weight is 478 g/mol. The molecule has 1 atom stereocenters. The molecule has 9 nitrogen and oxygen atoms in total. The lowest BCUT2D eigenvalue weighted by Crippen LogP contribution is -2.62. The maximum atomic E-state index is 12.8. The van der Waals surface area contributed by atoms with Gasteiger partial charge < -0.3 is 24.9 Å². The molecule has 1 aliphatic carbocycles. The molecule has 2 fully saturated rings. The summed E-state index contributed by atoms with van der Waals surface area (Å²) in [5.41, 5.74) is 1.21. The molecular weight excluding hydrogens is 446 g/mol. The first-order chi connectivity index (χ1) is 15.7. The summed E-state index contributed by atoms with van der Waals surface area (Å²) in [5.74, 6) is 0.476. The Morgan fingerprint density at radius 3 is 2.85 bits per heavy atom. The van der Waals surface area contributed by atoms with Gasteiger partial charge in [0.15, 0.2) is 0 Å². The first kappa shape index (κ1) is 23.8. The molecule has 33 heavy (non-hydrogen) atoms. The zero-order valence-corrected chi connectivity index (χ0v) is 20.1. The molecule has 1 aromatic heterocycles. The zero-order chi connectivity index (χ0) is 23.6. The van der Waals surface area contributed by atoms with Gasteiger partial charge >= 0.3 is 12.1 Å². The van der Waals surface area contributed by atoms with Gasteiger partial charge in [-0.1, -0.05) is 22.8 Å². The monoisotopic (exact) mass is 477 g/mol. The van der Waals surface area contributed by atoms with Crippen molar-refractivity contribution in [3.63, 3.8) is 0 Å². The Kier molecular flexibility index (Phi) is 6.83. The van der Waals surface area contributed by atoms with E-state index in [1.54, 1.807) is 0 Å². The molecule has 1 saturated heterocycles. The van der Waals surface area contributed by atoms with Crippen LogP contribution in [0.3, 0.4) is 0 Å². The number of rotatable bonds is 8. The topological polar surface area (TPSA) is 113 Å². The standard InChI is InChI=1S/C23H32ClN5O4/c1-15(2)32-21(31)29-9-8-25-13-22(29,3)11-17-10-18(24)5-4-16(17)12-26-20-28-27-19(33-20)23(14-30)6-7-23/h4-5,10,15,25,30H,6-9,11-14H2,1-3H3,(H,26,28)/t22-/m0/s1. The van der Waals surface area contributed by atoms with Crippen molar-refractivity contribution in [1.29, 1.82) is 0 Å². The molecule has 0 spiro atoms. The van der Waals surface area contributed by atoms with Crippen molar-refractivity contribution in [2.24, 2.45) is 0 Å². The Labute approximate surface area is 198 Å². The van der Waals surface area contributed by atoms with Crippen LogP contribution in [0.2, 0.25) is 5.02 Å². The Balaban J connectivity index is 1.50. The summed E-state index contributed by atoms with van der Waals surface area (Å²) in [5, 5.41) is 25.0. The fraction of sp³-hybridized carbons (Fsp3) is 0.609. The van der Waals surface area contributed by atoms with Crippen LogP contribution in [-0.2, 0) is 23.1 Å². The second kappa shape index (κ2) is 9.48. The molecule has 2 aliphatic rings. The minimum absolute atomic E-state index is 0.0122. The number of carbonyl (C=O) groups is 1. The Morgan fingerprint density at radius 2 is 2.15 bits per heavy atom. The number of anilines is 1. The highest BCUT2D eigenvalue weighted by Gasteiger charge is 2.49. The van der Waals surface area contributed by atoms with Gasteiger partial charge in [0.25, 0.3) is 0 Å². The van der Waals surface area contributed by atoms with Crippen LogP contribution in [0.25, 0.3) is 0 Å². The summed E-state index contributed by atoms with van der Waals surface area (Å²) < 4.78 is 11.2. The van der Waals surface area contributed by atoms with Crippen LogP contribution in [0.15, 0.2) is 22.6 Å². The van der Waals surface area contributed by atoms with Crippen molar-refractivity contribution in [3.8, 4) is 0 Å². The number of amides is 1. The van der Waals surface area contributed by atoms with E-state index in [0.29, 0.717) is 43.0 Å². The number of aromatic nitrogens is 2. The number of nitrogens with zero attached hydrogens (tertiary/aromatic N) is 3. The van der Waals surface area contributed by atoms with E-state index in [1.807, 2.05) is 36.9 Å². The quantitative estimate of drug-likeness (QED) is 0.531. The van der Waals surface area contributed by atoms with E-state index < -0.39 is 5.54 Å². The number of halogens is 1. The first-order valence-corrected chi connectivity index (χ1v) is 11.8. The highest BCUT2D eigenvalue weighted by atomic mass is 35.5. The molecule has 2 aromatic rings. The van der Waals surface area contributed by atoms with Gasteiger partial charge in [-0.15, -0.1) is 5.10 Å².